The van der Waals surface area contributed by atoms with Gasteiger partial charge < -0.3 is 15.1 Å². The number of amides is 2. The molecule has 2 amide bonds. The molecule has 4 rings (SSSR count). The molecule has 24 heavy (non-hydrogen) atoms. The molecule has 0 bridgehead atoms. The molecule has 2 aliphatic rings. The highest BCUT2D eigenvalue weighted by molar-refractivity contribution is 7.10. The zero-order valence-electron chi connectivity index (χ0n) is 14.0. The fourth-order valence-corrected chi connectivity index (χ4v) is 4.51. The molecular formula is C19H23N3OS. The summed E-state index contributed by atoms with van der Waals surface area (Å²) in [5.74, 6) is 0.602. The zero-order valence-corrected chi connectivity index (χ0v) is 14.8. The molecule has 2 aliphatic heterocycles. The molecule has 0 aliphatic carbocycles. The van der Waals surface area contributed by atoms with Crippen LogP contribution in [0.3, 0.4) is 0 Å². The third-order valence-electron chi connectivity index (χ3n) is 5.01. The summed E-state index contributed by atoms with van der Waals surface area (Å²) >= 11 is 1.85. The van der Waals surface area contributed by atoms with Crippen molar-refractivity contribution in [3.63, 3.8) is 0 Å². The van der Waals surface area contributed by atoms with E-state index >= 15 is 0 Å². The third kappa shape index (κ3) is 3.00. The Balaban J connectivity index is 1.52. The largest absolute Gasteiger partial charge is 0.365 e. The van der Waals surface area contributed by atoms with Crippen LogP contribution in [0, 0.1) is 5.92 Å². The lowest BCUT2D eigenvalue weighted by molar-refractivity contribution is 0.221. The van der Waals surface area contributed by atoms with Crippen LogP contribution < -0.4 is 10.2 Å². The summed E-state index contributed by atoms with van der Waals surface area (Å²) in [4.78, 5) is 18.3. The molecule has 1 atom stereocenters. The monoisotopic (exact) mass is 341 g/mol. The minimum Gasteiger partial charge on any atom is -0.365 e. The topological polar surface area (TPSA) is 35.6 Å². The molecule has 5 heteroatoms. The van der Waals surface area contributed by atoms with E-state index in [1.165, 1.54) is 10.4 Å². The highest BCUT2D eigenvalue weighted by Crippen LogP contribution is 2.32. The van der Waals surface area contributed by atoms with Gasteiger partial charge in [-0.2, -0.15) is 0 Å². The number of benzene rings is 1. The second kappa shape index (κ2) is 6.48. The molecule has 1 N–H and O–H groups in total. The van der Waals surface area contributed by atoms with Crippen molar-refractivity contribution in [2.75, 3.05) is 29.9 Å². The molecule has 1 aromatic carbocycles. The molecule has 126 valence electrons. The molecule has 2 aromatic rings. The number of carbonyl (C=O) groups excluding carboxylic acids is 1. The molecule has 0 saturated carbocycles. The van der Waals surface area contributed by atoms with Gasteiger partial charge in [-0.05, 0) is 47.9 Å². The van der Waals surface area contributed by atoms with E-state index in [0.29, 0.717) is 5.92 Å². The maximum atomic E-state index is 12.6. The Hall–Kier alpha value is -2.01. The molecular weight excluding hydrogens is 318 g/mol. The molecule has 1 fully saturated rings. The molecule has 1 aromatic heterocycles. The van der Waals surface area contributed by atoms with Crippen LogP contribution in [0.5, 0.6) is 0 Å². The average molecular weight is 341 g/mol. The van der Waals surface area contributed by atoms with Crippen molar-refractivity contribution in [2.45, 2.75) is 26.3 Å². The first-order valence-electron chi connectivity index (χ1n) is 8.66. The number of nitrogens with zero attached hydrogens (tertiary/aromatic N) is 2. The Labute approximate surface area is 147 Å². The Morgan fingerprint density at radius 1 is 1.25 bits per heavy atom. The second-order valence-electron chi connectivity index (χ2n) is 6.83. The number of thiophene rings is 1. The van der Waals surface area contributed by atoms with Crippen molar-refractivity contribution in [3.05, 3.63) is 46.2 Å². The van der Waals surface area contributed by atoms with Crippen LogP contribution >= 0.6 is 11.3 Å². The van der Waals surface area contributed by atoms with Gasteiger partial charge >= 0.3 is 6.03 Å². The molecule has 0 radical (unpaired) electrons. The first kappa shape index (κ1) is 15.5. The highest BCUT2D eigenvalue weighted by atomic mass is 32.1. The van der Waals surface area contributed by atoms with Gasteiger partial charge in [0.1, 0.15) is 0 Å². The number of para-hydroxylation sites is 2. The molecule has 3 heterocycles. The lowest BCUT2D eigenvalue weighted by atomic mass is 10.1. The van der Waals surface area contributed by atoms with Gasteiger partial charge in [0, 0.05) is 31.1 Å². The predicted octanol–water partition coefficient (Wildman–Crippen LogP) is 4.18. The summed E-state index contributed by atoms with van der Waals surface area (Å²) < 4.78 is 0. The number of anilines is 2. The standard InChI is InChI=1S/C19H23N3OS/c1-14-6-9-22(12-14)19(23)20-16-4-2-3-5-17(16)21-10-7-18-15(13-21)8-11-24-18/h2-5,8,11,14H,6-7,9-10,12-13H2,1H3,(H,20,23)/t14-/m1/s1. The van der Waals surface area contributed by atoms with E-state index < -0.39 is 0 Å². The Morgan fingerprint density at radius 2 is 2.12 bits per heavy atom. The first-order chi connectivity index (χ1) is 11.7. The van der Waals surface area contributed by atoms with Crippen molar-refractivity contribution >= 4 is 28.7 Å². The number of carbonyl (C=O) groups is 1. The van der Waals surface area contributed by atoms with E-state index in [2.05, 4.69) is 34.7 Å². The van der Waals surface area contributed by atoms with Gasteiger partial charge in [0.15, 0.2) is 0 Å². The lowest BCUT2D eigenvalue weighted by Gasteiger charge is -2.31. The number of hydrogen-bond donors (Lipinski definition) is 1. The van der Waals surface area contributed by atoms with Crippen LogP contribution in [0.4, 0.5) is 16.2 Å². The fourth-order valence-electron chi connectivity index (χ4n) is 3.62. The fraction of sp³-hybridized carbons (Fsp3) is 0.421. The summed E-state index contributed by atoms with van der Waals surface area (Å²) in [5.41, 5.74) is 3.46. The van der Waals surface area contributed by atoms with Crippen molar-refractivity contribution in [3.8, 4) is 0 Å². The third-order valence-corrected chi connectivity index (χ3v) is 6.03. The quantitative estimate of drug-likeness (QED) is 0.889. The van der Waals surface area contributed by atoms with Gasteiger partial charge in [-0.15, -0.1) is 11.3 Å². The summed E-state index contributed by atoms with van der Waals surface area (Å²) in [6.45, 7) is 5.84. The number of rotatable bonds is 2. The van der Waals surface area contributed by atoms with E-state index in [9.17, 15) is 4.79 Å². The van der Waals surface area contributed by atoms with Crippen LogP contribution in [-0.2, 0) is 13.0 Å². The van der Waals surface area contributed by atoms with Gasteiger partial charge in [0.25, 0.3) is 0 Å². The number of nitrogens with one attached hydrogen (secondary N) is 1. The van der Waals surface area contributed by atoms with E-state index in [0.717, 1.165) is 50.4 Å². The van der Waals surface area contributed by atoms with Gasteiger partial charge in [0.05, 0.1) is 11.4 Å². The summed E-state index contributed by atoms with van der Waals surface area (Å²) in [6.07, 6.45) is 2.18. The average Bonchev–Trinajstić information content (AvgIpc) is 3.23. The Morgan fingerprint density at radius 3 is 2.96 bits per heavy atom. The van der Waals surface area contributed by atoms with Gasteiger partial charge in [0.2, 0.25) is 0 Å². The van der Waals surface area contributed by atoms with Gasteiger partial charge in [-0.25, -0.2) is 4.79 Å². The Kier molecular flexibility index (Phi) is 4.19. The Bertz CT molecular complexity index is 742. The van der Waals surface area contributed by atoms with E-state index in [-0.39, 0.29) is 6.03 Å². The van der Waals surface area contributed by atoms with Crippen LogP contribution in [0.1, 0.15) is 23.8 Å². The number of urea groups is 1. The summed E-state index contributed by atoms with van der Waals surface area (Å²) in [7, 11) is 0. The smallest absolute Gasteiger partial charge is 0.321 e. The van der Waals surface area contributed by atoms with Crippen LogP contribution in [0.25, 0.3) is 0 Å². The highest BCUT2D eigenvalue weighted by Gasteiger charge is 2.25. The van der Waals surface area contributed by atoms with Crippen molar-refractivity contribution in [1.82, 2.24) is 4.90 Å². The summed E-state index contributed by atoms with van der Waals surface area (Å²) in [6, 6.07) is 10.4. The normalized spacial score (nSPS) is 20.1. The molecule has 0 spiro atoms. The van der Waals surface area contributed by atoms with Gasteiger partial charge in [-0.3, -0.25) is 0 Å². The number of fused-ring (bicyclic) bond motifs is 1. The number of hydrogen-bond acceptors (Lipinski definition) is 3. The molecule has 1 saturated heterocycles. The predicted molar refractivity (Wildman–Crippen MR) is 99.9 cm³/mol. The minimum absolute atomic E-state index is 0.0278. The van der Waals surface area contributed by atoms with Crippen LogP contribution in [-0.4, -0.2) is 30.6 Å². The van der Waals surface area contributed by atoms with Crippen LogP contribution in [0.15, 0.2) is 35.7 Å². The number of likely N-dealkylation sites (tertiary alicyclic amines) is 1. The van der Waals surface area contributed by atoms with Crippen LogP contribution in [0.2, 0.25) is 0 Å². The molecule has 4 nitrogen and oxygen atoms in total. The summed E-state index contributed by atoms with van der Waals surface area (Å²) in [5, 5.41) is 5.31. The van der Waals surface area contributed by atoms with E-state index in [1.54, 1.807) is 0 Å². The lowest BCUT2D eigenvalue weighted by Crippen LogP contribution is -2.34. The maximum Gasteiger partial charge on any atom is 0.321 e. The van der Waals surface area contributed by atoms with Gasteiger partial charge in [-0.1, -0.05) is 19.1 Å². The van der Waals surface area contributed by atoms with Crippen molar-refractivity contribution in [2.24, 2.45) is 5.92 Å². The first-order valence-corrected chi connectivity index (χ1v) is 9.54. The van der Waals surface area contributed by atoms with E-state index in [4.69, 9.17) is 0 Å². The second-order valence-corrected chi connectivity index (χ2v) is 7.83. The SMILES string of the molecule is C[C@@H]1CCN(C(=O)Nc2ccccc2N2CCc3sccc3C2)C1. The minimum atomic E-state index is 0.0278. The maximum absolute atomic E-state index is 12.6. The van der Waals surface area contributed by atoms with E-state index in [1.807, 2.05) is 34.4 Å². The molecule has 0 unspecified atom stereocenters. The van der Waals surface area contributed by atoms with Crippen molar-refractivity contribution < 1.29 is 4.79 Å². The zero-order chi connectivity index (χ0) is 16.5. The van der Waals surface area contributed by atoms with Crippen molar-refractivity contribution in [1.29, 1.82) is 0 Å².